The summed E-state index contributed by atoms with van der Waals surface area (Å²) in [6.07, 6.45) is 5.12. The summed E-state index contributed by atoms with van der Waals surface area (Å²) in [7, 11) is 0. The molecule has 0 radical (unpaired) electrons. The van der Waals surface area contributed by atoms with Gasteiger partial charge in [0, 0.05) is 37.8 Å². The van der Waals surface area contributed by atoms with Crippen LogP contribution in [0.4, 0.5) is 4.39 Å². The minimum atomic E-state index is -0.0222. The Morgan fingerprint density at radius 1 is 1.14 bits per heavy atom. The Kier molecular flexibility index (Phi) is 8.12. The van der Waals surface area contributed by atoms with E-state index in [2.05, 4.69) is 23.2 Å². The average molecular weight is 349 g/mol. The van der Waals surface area contributed by atoms with E-state index in [9.17, 15) is 4.39 Å². The van der Waals surface area contributed by atoms with Crippen LogP contribution in [0.1, 0.15) is 42.9 Å². The molecule has 3 rings (SSSR count). The highest BCUT2D eigenvalue weighted by atomic mass is 35.5. The van der Waals surface area contributed by atoms with Crippen molar-refractivity contribution >= 4 is 24.8 Å². The van der Waals surface area contributed by atoms with E-state index >= 15 is 0 Å². The van der Waals surface area contributed by atoms with E-state index in [0.29, 0.717) is 5.92 Å². The Balaban J connectivity index is 0.00000121. The fourth-order valence-corrected chi connectivity index (χ4v) is 3.87. The van der Waals surface area contributed by atoms with Gasteiger partial charge in [-0.05, 0) is 31.7 Å². The zero-order valence-electron chi connectivity index (χ0n) is 13.2. The first-order valence-corrected chi connectivity index (χ1v) is 7.96. The molecule has 0 bridgehead atoms. The molecule has 2 nitrogen and oxygen atoms in total. The molecule has 1 aliphatic carbocycles. The van der Waals surface area contributed by atoms with Gasteiger partial charge in [-0.2, -0.15) is 0 Å². The number of nitrogens with zero attached hydrogens (tertiary/aromatic N) is 1. The molecule has 0 spiro atoms. The van der Waals surface area contributed by atoms with Crippen molar-refractivity contribution in [3.63, 3.8) is 0 Å². The summed E-state index contributed by atoms with van der Waals surface area (Å²) in [5.41, 5.74) is 2.10. The van der Waals surface area contributed by atoms with Crippen LogP contribution < -0.4 is 5.32 Å². The summed E-state index contributed by atoms with van der Waals surface area (Å²) < 4.78 is 14.4. The monoisotopic (exact) mass is 348 g/mol. The average Bonchev–Trinajstić information content (AvgIpc) is 2.98. The van der Waals surface area contributed by atoms with E-state index in [0.717, 1.165) is 31.7 Å². The van der Waals surface area contributed by atoms with Crippen molar-refractivity contribution in [2.45, 2.75) is 38.6 Å². The smallest absolute Gasteiger partial charge is 0.128 e. The van der Waals surface area contributed by atoms with Crippen molar-refractivity contribution in [2.75, 3.05) is 26.2 Å². The van der Waals surface area contributed by atoms with E-state index in [1.165, 1.54) is 31.2 Å². The molecule has 1 N–H and O–H groups in total. The van der Waals surface area contributed by atoms with E-state index in [1.807, 2.05) is 6.07 Å². The van der Waals surface area contributed by atoms with Gasteiger partial charge in [0.1, 0.15) is 5.82 Å². The largest absolute Gasteiger partial charge is 0.314 e. The maximum atomic E-state index is 14.4. The van der Waals surface area contributed by atoms with Crippen molar-refractivity contribution < 1.29 is 4.39 Å². The Morgan fingerprint density at radius 2 is 1.77 bits per heavy atom. The topological polar surface area (TPSA) is 15.3 Å². The summed E-state index contributed by atoms with van der Waals surface area (Å²) in [6, 6.07) is 5.87. The minimum absolute atomic E-state index is 0. The summed E-state index contributed by atoms with van der Waals surface area (Å²) in [4.78, 5) is 2.50. The Bertz CT molecular complexity index is 458. The highest BCUT2D eigenvalue weighted by molar-refractivity contribution is 5.85. The first kappa shape index (κ1) is 19.7. The molecule has 0 unspecified atom stereocenters. The van der Waals surface area contributed by atoms with Crippen LogP contribution in [0.3, 0.4) is 0 Å². The molecule has 22 heavy (non-hydrogen) atoms. The summed E-state index contributed by atoms with van der Waals surface area (Å²) in [5.74, 6) is 0.607. The van der Waals surface area contributed by atoms with Gasteiger partial charge in [-0.3, -0.25) is 4.90 Å². The van der Waals surface area contributed by atoms with Gasteiger partial charge in [0.2, 0.25) is 0 Å². The number of piperazine rings is 1. The number of hydrogen-bond acceptors (Lipinski definition) is 2. The van der Waals surface area contributed by atoms with Crippen LogP contribution >= 0.6 is 24.8 Å². The van der Waals surface area contributed by atoms with Gasteiger partial charge in [-0.25, -0.2) is 4.39 Å². The first-order valence-electron chi connectivity index (χ1n) is 7.96. The van der Waals surface area contributed by atoms with E-state index in [4.69, 9.17) is 0 Å². The quantitative estimate of drug-likeness (QED) is 0.883. The predicted molar refractivity (Wildman–Crippen MR) is 94.8 cm³/mol. The summed E-state index contributed by atoms with van der Waals surface area (Å²) >= 11 is 0. The van der Waals surface area contributed by atoms with Crippen LogP contribution in [-0.4, -0.2) is 31.1 Å². The number of halogens is 3. The maximum Gasteiger partial charge on any atom is 0.128 e. The molecule has 1 saturated carbocycles. The molecule has 1 atom stereocenters. The van der Waals surface area contributed by atoms with Gasteiger partial charge in [0.25, 0.3) is 0 Å². The van der Waals surface area contributed by atoms with Crippen molar-refractivity contribution in [3.05, 3.63) is 35.1 Å². The third-order valence-corrected chi connectivity index (χ3v) is 4.86. The Hall–Kier alpha value is -0.350. The van der Waals surface area contributed by atoms with Gasteiger partial charge >= 0.3 is 0 Å². The van der Waals surface area contributed by atoms with Crippen molar-refractivity contribution in [3.8, 4) is 0 Å². The number of rotatable bonds is 3. The zero-order valence-corrected chi connectivity index (χ0v) is 14.8. The highest BCUT2D eigenvalue weighted by Crippen LogP contribution is 2.40. The van der Waals surface area contributed by atoms with Crippen LogP contribution in [0.5, 0.6) is 0 Å². The summed E-state index contributed by atoms with van der Waals surface area (Å²) in [5, 5.41) is 3.40. The van der Waals surface area contributed by atoms with Crippen LogP contribution in [0, 0.1) is 18.7 Å². The number of aryl methyl sites for hydroxylation is 1. The maximum absolute atomic E-state index is 14.4. The second-order valence-electron chi connectivity index (χ2n) is 6.30. The van der Waals surface area contributed by atoms with Crippen LogP contribution in [0.2, 0.25) is 0 Å². The first-order chi connectivity index (χ1) is 9.75. The Morgan fingerprint density at radius 3 is 2.41 bits per heavy atom. The molecular formula is C17H27Cl2FN2. The van der Waals surface area contributed by atoms with Crippen molar-refractivity contribution in [2.24, 2.45) is 5.92 Å². The number of nitrogens with one attached hydrogen (secondary N) is 1. The summed E-state index contributed by atoms with van der Waals surface area (Å²) in [6.45, 7) is 6.18. The second-order valence-corrected chi connectivity index (χ2v) is 6.30. The molecule has 0 aromatic heterocycles. The van der Waals surface area contributed by atoms with E-state index < -0.39 is 0 Å². The highest BCUT2D eigenvalue weighted by Gasteiger charge is 2.33. The van der Waals surface area contributed by atoms with Crippen LogP contribution in [-0.2, 0) is 0 Å². The predicted octanol–water partition coefficient (Wildman–Crippen LogP) is 4.11. The minimum Gasteiger partial charge on any atom is -0.314 e. The zero-order chi connectivity index (χ0) is 13.9. The van der Waals surface area contributed by atoms with Gasteiger partial charge in [0.05, 0.1) is 0 Å². The van der Waals surface area contributed by atoms with Gasteiger partial charge in [-0.15, -0.1) is 24.8 Å². The molecule has 1 aliphatic heterocycles. The van der Waals surface area contributed by atoms with Gasteiger partial charge in [0.15, 0.2) is 0 Å². The third kappa shape index (κ3) is 4.35. The fraction of sp³-hybridized carbons (Fsp3) is 0.647. The molecule has 2 fully saturated rings. The molecule has 1 saturated heterocycles. The lowest BCUT2D eigenvalue weighted by atomic mass is 9.88. The van der Waals surface area contributed by atoms with E-state index in [-0.39, 0.29) is 36.7 Å². The molecule has 1 aromatic carbocycles. The van der Waals surface area contributed by atoms with Gasteiger partial charge in [-0.1, -0.05) is 30.5 Å². The standard InChI is InChI=1S/C17H25FN2.2ClH/c1-13-6-7-16(18)15(12-13)17(14-4-2-3-5-14)20-10-8-19-9-11-20;;/h6-7,12,14,17,19H,2-5,8-11H2,1H3;2*1H/t17-;;/m0../s1. The molecular weight excluding hydrogens is 322 g/mol. The lowest BCUT2D eigenvalue weighted by molar-refractivity contribution is 0.122. The molecule has 0 amide bonds. The lowest BCUT2D eigenvalue weighted by Gasteiger charge is -2.39. The molecule has 1 aromatic rings. The van der Waals surface area contributed by atoms with Crippen LogP contribution in [0.25, 0.3) is 0 Å². The Labute approximate surface area is 145 Å². The molecule has 126 valence electrons. The lowest BCUT2D eigenvalue weighted by Crippen LogP contribution is -2.46. The van der Waals surface area contributed by atoms with Crippen LogP contribution in [0.15, 0.2) is 18.2 Å². The van der Waals surface area contributed by atoms with E-state index in [1.54, 1.807) is 6.07 Å². The van der Waals surface area contributed by atoms with Crippen molar-refractivity contribution in [1.29, 1.82) is 0 Å². The van der Waals surface area contributed by atoms with Crippen molar-refractivity contribution in [1.82, 2.24) is 10.2 Å². The fourth-order valence-electron chi connectivity index (χ4n) is 3.87. The molecule has 2 aliphatic rings. The third-order valence-electron chi connectivity index (χ3n) is 4.86. The number of hydrogen-bond donors (Lipinski definition) is 1. The SMILES string of the molecule is Cc1ccc(F)c([C@H](C2CCCC2)N2CCNCC2)c1.Cl.Cl. The second kappa shape index (κ2) is 9.07. The molecule has 1 heterocycles. The molecule has 5 heteroatoms. The normalized spacial score (nSPS) is 21.0. The van der Waals surface area contributed by atoms with Gasteiger partial charge < -0.3 is 5.32 Å². The number of benzene rings is 1.